The molecule has 2 amide bonds. The number of nitrogens with one attached hydrogen (secondary N) is 1. The highest BCUT2D eigenvalue weighted by Gasteiger charge is 2.34. The van der Waals surface area contributed by atoms with Gasteiger partial charge in [-0.1, -0.05) is 61.3 Å². The number of carbonyl (C=O) groups excluding carboxylic acids is 2. The van der Waals surface area contributed by atoms with E-state index in [0.29, 0.717) is 35.0 Å². The molecule has 0 saturated heterocycles. The van der Waals surface area contributed by atoms with Crippen molar-refractivity contribution in [1.29, 1.82) is 0 Å². The van der Waals surface area contributed by atoms with Gasteiger partial charge in [-0.05, 0) is 74.2 Å². The molecule has 0 aliphatic heterocycles. The Balaban J connectivity index is 2.08. The predicted molar refractivity (Wildman–Crippen MR) is 163 cm³/mol. The number of amides is 2. The summed E-state index contributed by atoms with van der Waals surface area (Å²) in [6, 6.07) is 17.7. The van der Waals surface area contributed by atoms with Gasteiger partial charge in [-0.2, -0.15) is 0 Å². The van der Waals surface area contributed by atoms with Crippen molar-refractivity contribution < 1.29 is 22.7 Å². The number of aryl methyl sites for hydroxylation is 2. The summed E-state index contributed by atoms with van der Waals surface area (Å²) in [5.74, 6) is -0.149. The van der Waals surface area contributed by atoms with E-state index in [9.17, 15) is 18.0 Å². The van der Waals surface area contributed by atoms with Crippen molar-refractivity contribution in [3.8, 4) is 5.75 Å². The Bertz CT molecular complexity index is 1440. The molecule has 0 spiro atoms. The van der Waals surface area contributed by atoms with Crippen molar-refractivity contribution in [1.82, 2.24) is 10.2 Å². The summed E-state index contributed by atoms with van der Waals surface area (Å²) >= 11 is 6.29. The topological polar surface area (TPSA) is 96.0 Å². The van der Waals surface area contributed by atoms with Crippen molar-refractivity contribution in [3.05, 3.63) is 88.4 Å². The molecule has 0 heterocycles. The molecule has 3 aromatic carbocycles. The summed E-state index contributed by atoms with van der Waals surface area (Å²) in [5.41, 5.74) is 2.60. The molecular weight excluding hydrogens is 562 g/mol. The molecule has 220 valence electrons. The highest BCUT2D eigenvalue weighted by molar-refractivity contribution is 7.92. The number of hydrogen-bond donors (Lipinski definition) is 1. The van der Waals surface area contributed by atoms with E-state index in [0.717, 1.165) is 21.9 Å². The first-order valence-electron chi connectivity index (χ1n) is 13.6. The smallest absolute Gasteiger partial charge is 0.264 e. The fourth-order valence-corrected chi connectivity index (χ4v) is 6.05. The fourth-order valence-electron chi connectivity index (χ4n) is 4.42. The fraction of sp³-hybridized carbons (Fsp3) is 0.355. The van der Waals surface area contributed by atoms with Crippen LogP contribution in [-0.4, -0.2) is 51.4 Å². The molecule has 3 aromatic rings. The second kappa shape index (κ2) is 14.4. The van der Waals surface area contributed by atoms with Gasteiger partial charge in [0.25, 0.3) is 10.0 Å². The molecule has 1 atom stereocenters. The number of benzene rings is 3. The number of rotatable bonds is 13. The first kappa shape index (κ1) is 32.0. The van der Waals surface area contributed by atoms with Crippen molar-refractivity contribution in [2.75, 3.05) is 24.5 Å². The summed E-state index contributed by atoms with van der Waals surface area (Å²) in [5, 5.41) is 3.22. The van der Waals surface area contributed by atoms with Crippen LogP contribution in [0.5, 0.6) is 5.75 Å². The minimum absolute atomic E-state index is 0.0460. The molecule has 0 aliphatic rings. The van der Waals surface area contributed by atoms with Gasteiger partial charge in [0.2, 0.25) is 11.8 Å². The zero-order valence-electron chi connectivity index (χ0n) is 24.2. The molecule has 10 heteroatoms. The van der Waals surface area contributed by atoms with Crippen LogP contribution < -0.4 is 14.4 Å². The van der Waals surface area contributed by atoms with E-state index in [4.69, 9.17) is 16.3 Å². The normalized spacial score (nSPS) is 12.0. The number of sulfonamides is 1. The average Bonchev–Trinajstić information content (AvgIpc) is 2.96. The Morgan fingerprint density at radius 1 is 0.976 bits per heavy atom. The Kier molecular flexibility index (Phi) is 11.2. The number of methoxy groups -OCH3 is 1. The minimum Gasteiger partial charge on any atom is -0.497 e. The molecule has 0 bridgehead atoms. The van der Waals surface area contributed by atoms with Gasteiger partial charge in [0.05, 0.1) is 17.7 Å². The lowest BCUT2D eigenvalue weighted by Crippen LogP contribution is -2.52. The summed E-state index contributed by atoms with van der Waals surface area (Å²) < 4.78 is 34.4. The first-order chi connectivity index (χ1) is 19.5. The molecule has 1 N–H and O–H groups in total. The highest BCUT2D eigenvalue weighted by atomic mass is 35.5. The molecule has 0 fully saturated rings. The Labute approximate surface area is 248 Å². The summed E-state index contributed by atoms with van der Waals surface area (Å²) in [6.45, 7) is 7.45. The number of carbonyl (C=O) groups is 2. The van der Waals surface area contributed by atoms with Crippen LogP contribution in [0, 0.1) is 13.8 Å². The predicted octanol–water partition coefficient (Wildman–Crippen LogP) is 5.49. The van der Waals surface area contributed by atoms with Crippen LogP contribution in [-0.2, 0) is 26.2 Å². The third kappa shape index (κ3) is 8.01. The molecule has 0 radical (unpaired) electrons. The van der Waals surface area contributed by atoms with Crippen LogP contribution in [0.25, 0.3) is 0 Å². The highest BCUT2D eigenvalue weighted by Crippen LogP contribution is 2.30. The van der Waals surface area contributed by atoms with E-state index in [2.05, 4.69) is 5.32 Å². The molecule has 3 rings (SSSR count). The number of ether oxygens (including phenoxy) is 1. The van der Waals surface area contributed by atoms with Gasteiger partial charge >= 0.3 is 0 Å². The van der Waals surface area contributed by atoms with Crippen molar-refractivity contribution >= 4 is 39.1 Å². The zero-order valence-corrected chi connectivity index (χ0v) is 25.8. The number of anilines is 1. The lowest BCUT2D eigenvalue weighted by molar-refractivity contribution is -0.140. The summed E-state index contributed by atoms with van der Waals surface area (Å²) in [6.07, 6.45) is 1.09. The van der Waals surface area contributed by atoms with Gasteiger partial charge in [0.15, 0.2) is 0 Å². The molecular formula is C31H38ClN3O5S. The first-order valence-corrected chi connectivity index (χ1v) is 15.4. The monoisotopic (exact) mass is 599 g/mol. The maximum absolute atomic E-state index is 14.1. The van der Waals surface area contributed by atoms with E-state index < -0.39 is 28.5 Å². The van der Waals surface area contributed by atoms with E-state index in [1.165, 1.54) is 23.1 Å². The zero-order chi connectivity index (χ0) is 30.2. The standard InChI is InChI=1S/C31H38ClN3O5S/c1-6-18-33-31(37)28(7-2)34(20-24-11-14-26(40-5)15-12-24)30(36)21-35(29-19-25(32)13-10-23(29)4)41(38,39)27-16-8-22(3)9-17-27/h8-17,19,28H,6-7,18,20-21H2,1-5H3,(H,33,37)/t28-/m1/s1. The quantitative estimate of drug-likeness (QED) is 0.280. The molecule has 8 nitrogen and oxygen atoms in total. The van der Waals surface area contributed by atoms with Crippen molar-refractivity contribution in [3.63, 3.8) is 0 Å². The van der Waals surface area contributed by atoms with E-state index >= 15 is 0 Å². The van der Waals surface area contributed by atoms with Gasteiger partial charge in [0.1, 0.15) is 18.3 Å². The van der Waals surface area contributed by atoms with Crippen LogP contribution >= 0.6 is 11.6 Å². The van der Waals surface area contributed by atoms with Crippen LogP contribution in [0.2, 0.25) is 5.02 Å². The lowest BCUT2D eigenvalue weighted by atomic mass is 10.1. The van der Waals surface area contributed by atoms with Gasteiger partial charge in [-0.3, -0.25) is 13.9 Å². The Morgan fingerprint density at radius 2 is 1.63 bits per heavy atom. The van der Waals surface area contributed by atoms with E-state index in [1.54, 1.807) is 50.4 Å². The maximum Gasteiger partial charge on any atom is 0.264 e. The van der Waals surface area contributed by atoms with E-state index in [-0.39, 0.29) is 17.3 Å². The molecule has 0 aliphatic carbocycles. The summed E-state index contributed by atoms with van der Waals surface area (Å²) in [4.78, 5) is 28.8. The van der Waals surface area contributed by atoms with Gasteiger partial charge < -0.3 is 15.0 Å². The largest absolute Gasteiger partial charge is 0.497 e. The molecule has 0 aromatic heterocycles. The third-order valence-corrected chi connectivity index (χ3v) is 8.78. The molecule has 41 heavy (non-hydrogen) atoms. The van der Waals surface area contributed by atoms with Crippen LogP contribution in [0.15, 0.2) is 71.6 Å². The SMILES string of the molecule is CCCNC(=O)[C@@H](CC)N(Cc1ccc(OC)cc1)C(=O)CN(c1cc(Cl)ccc1C)S(=O)(=O)c1ccc(C)cc1. The van der Waals surface area contributed by atoms with Crippen molar-refractivity contribution in [2.45, 2.75) is 58.0 Å². The van der Waals surface area contributed by atoms with Crippen LogP contribution in [0.1, 0.15) is 43.4 Å². The average molecular weight is 600 g/mol. The minimum atomic E-state index is -4.18. The number of halogens is 1. The third-order valence-electron chi connectivity index (χ3n) is 6.77. The number of nitrogens with zero attached hydrogens (tertiary/aromatic N) is 2. The Morgan fingerprint density at radius 3 is 2.22 bits per heavy atom. The van der Waals surface area contributed by atoms with Gasteiger partial charge in [-0.25, -0.2) is 8.42 Å². The lowest BCUT2D eigenvalue weighted by Gasteiger charge is -2.33. The molecule has 0 unspecified atom stereocenters. The van der Waals surface area contributed by atoms with Crippen LogP contribution in [0.4, 0.5) is 5.69 Å². The van der Waals surface area contributed by atoms with Crippen molar-refractivity contribution in [2.24, 2.45) is 0 Å². The summed E-state index contributed by atoms with van der Waals surface area (Å²) in [7, 11) is -2.61. The van der Waals surface area contributed by atoms with Gasteiger partial charge in [0, 0.05) is 18.1 Å². The molecule has 0 saturated carbocycles. The van der Waals surface area contributed by atoms with Gasteiger partial charge in [-0.15, -0.1) is 0 Å². The number of hydrogen-bond acceptors (Lipinski definition) is 5. The Hall–Kier alpha value is -3.56. The van der Waals surface area contributed by atoms with E-state index in [1.807, 2.05) is 32.9 Å². The van der Waals surface area contributed by atoms with Crippen LogP contribution in [0.3, 0.4) is 0 Å². The second-order valence-corrected chi connectivity index (χ2v) is 12.1. The second-order valence-electron chi connectivity index (χ2n) is 9.84. The maximum atomic E-state index is 14.1.